The van der Waals surface area contributed by atoms with Crippen LogP contribution in [-0.2, 0) is 59.3 Å². The van der Waals surface area contributed by atoms with Crippen LogP contribution in [0.4, 0.5) is 5.69 Å². The number of β-lactam (4-membered cyclic amide) rings is 1. The van der Waals surface area contributed by atoms with Crippen molar-refractivity contribution in [2.45, 2.75) is 115 Å². The third-order valence-electron chi connectivity index (χ3n) is 13.6. The minimum absolute atomic E-state index is 0.0326. The van der Waals surface area contributed by atoms with E-state index in [9.17, 15) is 57.0 Å². The number of rotatable bonds is 24. The van der Waals surface area contributed by atoms with Gasteiger partial charge in [-0.3, -0.25) is 33.8 Å². The molecule has 8 atom stereocenters. The number of hydrogen-bond acceptors (Lipinski definition) is 16. The number of carbonyl (C=O) groups excluding carboxylic acids is 7. The van der Waals surface area contributed by atoms with Crippen LogP contribution in [0.3, 0.4) is 0 Å². The second kappa shape index (κ2) is 23.8. The third-order valence-corrected chi connectivity index (χ3v) is 16.6. The quantitative estimate of drug-likeness (QED) is 0.0436. The molecule has 20 nitrogen and oxygen atoms in total. The summed E-state index contributed by atoms with van der Waals surface area (Å²) in [7, 11) is -4.03. The number of ketones is 2. The van der Waals surface area contributed by atoms with Crippen molar-refractivity contribution in [3.05, 3.63) is 70.5 Å². The van der Waals surface area contributed by atoms with Gasteiger partial charge in [-0.05, 0) is 75.6 Å². The van der Waals surface area contributed by atoms with E-state index in [1.807, 2.05) is 19.9 Å². The minimum Gasteiger partial charge on any atom is -0.477 e. The molecular formula is C49H64N6O14S2. The van der Waals surface area contributed by atoms with E-state index in [2.05, 4.69) is 20.9 Å². The van der Waals surface area contributed by atoms with Crippen molar-refractivity contribution in [3.63, 3.8) is 0 Å². The van der Waals surface area contributed by atoms with Gasteiger partial charge < -0.3 is 45.4 Å². The second-order valence-electron chi connectivity index (χ2n) is 19.2. The van der Waals surface area contributed by atoms with Crippen molar-refractivity contribution in [2.75, 3.05) is 49.7 Å². The lowest BCUT2D eigenvalue weighted by Crippen LogP contribution is -2.63. The van der Waals surface area contributed by atoms with E-state index < -0.39 is 117 Å². The lowest BCUT2D eigenvalue weighted by molar-refractivity contribution is -0.166. The molecule has 1 aromatic carbocycles. The molecule has 71 heavy (non-hydrogen) atoms. The molecule has 0 spiro atoms. The summed E-state index contributed by atoms with van der Waals surface area (Å²) in [5.41, 5.74) is 0.156. The number of aromatic nitrogens is 1. The van der Waals surface area contributed by atoms with Crippen molar-refractivity contribution in [1.82, 2.24) is 25.4 Å². The normalized spacial score (nSPS) is 23.0. The van der Waals surface area contributed by atoms with Crippen LogP contribution < -0.4 is 16.0 Å². The van der Waals surface area contributed by atoms with Crippen molar-refractivity contribution in [2.24, 2.45) is 17.3 Å². The molecular weight excluding hydrogens is 961 g/mol. The number of anilines is 1. The molecule has 0 saturated carbocycles. The number of aliphatic carboxylic acids is 1. The maximum atomic E-state index is 13.6. The number of carboxylic acids is 1. The zero-order valence-electron chi connectivity index (χ0n) is 40.6. The number of piperidine rings is 1. The fourth-order valence-corrected chi connectivity index (χ4v) is 11.8. The summed E-state index contributed by atoms with van der Waals surface area (Å²) in [6, 6.07) is 7.35. The first-order valence-electron chi connectivity index (χ1n) is 23.9. The van der Waals surface area contributed by atoms with E-state index in [0.29, 0.717) is 50.0 Å². The Hall–Kier alpha value is -5.55. The lowest BCUT2D eigenvalue weighted by atomic mass is 9.79. The number of esters is 1. The van der Waals surface area contributed by atoms with E-state index in [-0.39, 0.29) is 54.2 Å². The fraction of sp³-hybridized carbons (Fsp3) is 0.571. The largest absolute Gasteiger partial charge is 0.477 e. The van der Waals surface area contributed by atoms with Crippen LogP contribution in [0.5, 0.6) is 0 Å². The Morgan fingerprint density at radius 2 is 1.85 bits per heavy atom. The summed E-state index contributed by atoms with van der Waals surface area (Å²) in [6.07, 6.45) is 4.63. The number of carboxylic acid groups (broad SMARTS) is 1. The maximum Gasteiger partial charge on any atom is 0.353 e. The van der Waals surface area contributed by atoms with Gasteiger partial charge in [0.05, 0.1) is 36.5 Å². The van der Waals surface area contributed by atoms with Crippen LogP contribution in [0, 0.1) is 17.3 Å². The van der Waals surface area contributed by atoms with Gasteiger partial charge in [0.2, 0.25) is 23.5 Å². The first-order valence-corrected chi connectivity index (χ1v) is 26.6. The van der Waals surface area contributed by atoms with Gasteiger partial charge in [0.15, 0.2) is 15.6 Å². The number of nitrogens with zero attached hydrogens (tertiary/aromatic N) is 3. The Balaban J connectivity index is 0.950. The second-order valence-corrected chi connectivity index (χ2v) is 22.7. The van der Waals surface area contributed by atoms with Gasteiger partial charge in [-0.25, -0.2) is 18.0 Å². The predicted molar refractivity (Wildman–Crippen MR) is 260 cm³/mol. The van der Waals surface area contributed by atoms with Crippen LogP contribution in [0.25, 0.3) is 0 Å². The molecule has 0 unspecified atom stereocenters. The molecule has 4 aliphatic rings. The fourth-order valence-electron chi connectivity index (χ4n) is 9.18. The smallest absolute Gasteiger partial charge is 0.353 e. The topological polar surface area (TPSA) is 285 Å². The number of ether oxygens (including phenoxy) is 2. The number of sulfone groups is 1. The highest BCUT2D eigenvalue weighted by Crippen LogP contribution is 2.52. The van der Waals surface area contributed by atoms with Gasteiger partial charge in [0.1, 0.15) is 30.2 Å². The van der Waals surface area contributed by atoms with E-state index in [4.69, 9.17) is 9.47 Å². The van der Waals surface area contributed by atoms with Crippen molar-refractivity contribution in [3.8, 4) is 0 Å². The van der Waals surface area contributed by atoms with Gasteiger partial charge in [0, 0.05) is 64.8 Å². The number of amides is 4. The minimum atomic E-state index is -4.03. The number of thioether (sulfide) groups is 1. The highest BCUT2D eigenvalue weighted by molar-refractivity contribution is 8.03. The number of Topliss-reactive ketones (excluding diaryl/α,β-unsaturated/α-hetero) is 2. The third kappa shape index (κ3) is 13.5. The first kappa shape index (κ1) is 54.8. The molecule has 1 aromatic heterocycles. The summed E-state index contributed by atoms with van der Waals surface area (Å²) >= 11 is 1.30. The number of likely N-dealkylation sites (tertiary alicyclic amines) is 1. The van der Waals surface area contributed by atoms with Crippen molar-refractivity contribution >= 4 is 74.4 Å². The van der Waals surface area contributed by atoms with Gasteiger partial charge in [-0.2, -0.15) is 0 Å². The first-order chi connectivity index (χ1) is 33.6. The van der Waals surface area contributed by atoms with Crippen LogP contribution in [0.1, 0.15) is 89.1 Å². The average Bonchev–Trinajstić information content (AvgIpc) is 3.90. The molecule has 386 valence electrons. The van der Waals surface area contributed by atoms with Crippen molar-refractivity contribution in [1.29, 1.82) is 0 Å². The molecule has 0 aliphatic carbocycles. The van der Waals surface area contributed by atoms with E-state index in [0.717, 1.165) is 5.56 Å². The standard InChI is InChI=1S/C49H64N6O14S2/c1-6-49(4,5)43(59)46(62)54-19-8-7-14-36(54)48(65)69-33(16-15-30-11-10-17-50-23-30)25-68-26-38(58)51-18-20-71(66,67)27-37(57)31-12-9-13-32(21-31)53-44(60)35-22-34(24-52-35)70-42-28(2)40-39(29(3)56)45(61)55(40)41(42)47(63)64/h9-13,17,21,23,28-29,33-36,39-40,52,56H,6-8,14-16,18-20,22,24-27H2,1-5H3,(H,51,58)(H,53,60)(H,63,64)/t28-,29-,33-,34+,35+,36+,39-,40-/m1/s1. The van der Waals surface area contributed by atoms with Crippen molar-refractivity contribution < 1.29 is 66.5 Å². The average molecular weight is 1030 g/mol. The monoisotopic (exact) mass is 1020 g/mol. The highest BCUT2D eigenvalue weighted by atomic mass is 32.2. The molecule has 5 heterocycles. The maximum absolute atomic E-state index is 13.6. The summed E-state index contributed by atoms with van der Waals surface area (Å²) in [4.78, 5) is 111. The predicted octanol–water partition coefficient (Wildman–Crippen LogP) is 2.30. The molecule has 3 saturated heterocycles. The summed E-state index contributed by atoms with van der Waals surface area (Å²) in [5, 5.41) is 28.3. The molecule has 22 heteroatoms. The molecule has 3 fully saturated rings. The Bertz CT molecular complexity index is 2500. The molecule has 4 amide bonds. The number of aliphatic hydroxyl groups excluding tert-OH is 1. The zero-order valence-corrected chi connectivity index (χ0v) is 42.2. The summed E-state index contributed by atoms with van der Waals surface area (Å²) in [5.74, 6) is -7.90. The molecule has 0 radical (unpaired) electrons. The Labute approximate surface area is 417 Å². The van der Waals surface area contributed by atoms with Crippen LogP contribution in [0.15, 0.2) is 59.4 Å². The number of benzene rings is 1. The van der Waals surface area contributed by atoms with Crippen LogP contribution in [-0.4, -0.2) is 160 Å². The molecule has 2 aromatic rings. The van der Waals surface area contributed by atoms with Gasteiger partial charge in [-0.1, -0.05) is 45.9 Å². The Morgan fingerprint density at radius 3 is 2.54 bits per heavy atom. The lowest BCUT2D eigenvalue weighted by Gasteiger charge is -2.46. The molecule has 6 rings (SSSR count). The highest BCUT2D eigenvalue weighted by Gasteiger charge is 2.60. The number of nitrogens with one attached hydrogen (secondary N) is 3. The summed E-state index contributed by atoms with van der Waals surface area (Å²) < 4.78 is 37.5. The van der Waals surface area contributed by atoms with Crippen LogP contribution in [0.2, 0.25) is 0 Å². The molecule has 4 aliphatic heterocycles. The number of aryl methyl sites for hydroxylation is 1. The molecule has 5 N–H and O–H groups in total. The zero-order chi connectivity index (χ0) is 51.8. The van der Waals surface area contributed by atoms with E-state index in [1.54, 1.807) is 38.4 Å². The number of aliphatic hydroxyl groups is 1. The van der Waals surface area contributed by atoms with Gasteiger partial charge in [0.25, 0.3) is 5.91 Å². The number of carbonyl (C=O) groups is 8. The number of pyridine rings is 1. The summed E-state index contributed by atoms with van der Waals surface area (Å²) in [6.45, 7) is 8.10. The van der Waals surface area contributed by atoms with E-state index >= 15 is 0 Å². The SMILES string of the molecule is CCC(C)(C)C(=O)C(=O)N1CCCC[C@H]1C(=O)O[C@H](CCc1cccnc1)COCC(=O)NCCS(=O)(=O)CC(=O)c1cccc(NC(=O)[C@@H]2C[C@H](SC3=C(C(=O)O)N4C(=O)[C@H]([C@@H](C)O)[C@H]4[C@H]3C)CN2)c1. The van der Waals surface area contributed by atoms with E-state index in [1.165, 1.54) is 46.7 Å². The van der Waals surface area contributed by atoms with Crippen LogP contribution >= 0.6 is 11.8 Å². The Morgan fingerprint density at radius 1 is 1.08 bits per heavy atom. The number of fused-ring (bicyclic) bond motifs is 1. The van der Waals surface area contributed by atoms with Gasteiger partial charge >= 0.3 is 11.9 Å². The Kier molecular flexibility index (Phi) is 18.3. The van der Waals surface area contributed by atoms with Gasteiger partial charge in [-0.15, -0.1) is 11.8 Å². The number of hydrogen-bond donors (Lipinski definition) is 5. The molecule has 0 bridgehead atoms.